The Hall–Kier alpha value is -1.85. The summed E-state index contributed by atoms with van der Waals surface area (Å²) in [6.07, 6.45) is -0.179. The number of ether oxygens (including phenoxy) is 1. The highest BCUT2D eigenvalue weighted by Crippen LogP contribution is 2.37. The molecule has 3 nitrogen and oxygen atoms in total. The summed E-state index contributed by atoms with van der Waals surface area (Å²) in [4.78, 5) is 16.4. The maximum Gasteiger partial charge on any atom is 0.416 e. The highest BCUT2D eigenvalue weighted by molar-refractivity contribution is 6.08. The number of carbonyl (C=O) groups excluding carboxylic acids is 1. The van der Waals surface area contributed by atoms with Crippen molar-refractivity contribution in [3.8, 4) is 0 Å². The van der Waals surface area contributed by atoms with Gasteiger partial charge >= 0.3 is 12.1 Å². The van der Waals surface area contributed by atoms with Gasteiger partial charge in [0.05, 0.1) is 5.56 Å². The SMILES string of the molecule is O=C1OC(c2ccc(C(F)(F)F)cc2)=NC12CCCCC2. The van der Waals surface area contributed by atoms with Gasteiger partial charge in [0.2, 0.25) is 5.90 Å². The topological polar surface area (TPSA) is 38.7 Å². The van der Waals surface area contributed by atoms with Crippen LogP contribution in [0.4, 0.5) is 13.2 Å². The van der Waals surface area contributed by atoms with Crippen molar-refractivity contribution in [3.63, 3.8) is 0 Å². The molecule has 0 amide bonds. The summed E-state index contributed by atoms with van der Waals surface area (Å²) in [7, 11) is 0. The van der Waals surface area contributed by atoms with Gasteiger partial charge in [0.25, 0.3) is 0 Å². The minimum absolute atomic E-state index is 0.135. The van der Waals surface area contributed by atoms with Crippen LogP contribution in [0, 0.1) is 0 Å². The van der Waals surface area contributed by atoms with Gasteiger partial charge in [0.15, 0.2) is 5.54 Å². The summed E-state index contributed by atoms with van der Waals surface area (Å²) in [6.45, 7) is 0. The second-order valence-electron chi connectivity index (χ2n) is 5.47. The monoisotopic (exact) mass is 297 g/mol. The summed E-state index contributed by atoms with van der Waals surface area (Å²) >= 11 is 0. The van der Waals surface area contributed by atoms with Crippen molar-refractivity contribution in [2.24, 2.45) is 4.99 Å². The normalized spacial score (nSPS) is 21.3. The summed E-state index contributed by atoms with van der Waals surface area (Å²) in [5.41, 5.74) is -1.14. The summed E-state index contributed by atoms with van der Waals surface area (Å²) in [5, 5.41) is 0. The van der Waals surface area contributed by atoms with Crippen molar-refractivity contribution in [1.29, 1.82) is 0 Å². The molecule has 1 spiro atoms. The summed E-state index contributed by atoms with van der Waals surface area (Å²) < 4.78 is 42.8. The molecule has 112 valence electrons. The fourth-order valence-electron chi connectivity index (χ4n) is 2.82. The Balaban J connectivity index is 1.87. The average Bonchev–Trinajstić information content (AvgIpc) is 2.76. The van der Waals surface area contributed by atoms with Gasteiger partial charge in [-0.2, -0.15) is 13.2 Å². The maximum atomic E-state index is 12.5. The number of rotatable bonds is 1. The number of hydrogen-bond donors (Lipinski definition) is 0. The number of nitrogens with zero attached hydrogens (tertiary/aromatic N) is 1. The number of aliphatic imine (C=N–C) groups is 1. The van der Waals surface area contributed by atoms with Crippen LogP contribution in [0.5, 0.6) is 0 Å². The number of hydrogen-bond acceptors (Lipinski definition) is 3. The predicted octanol–water partition coefficient (Wildman–Crippen LogP) is 3.71. The number of esters is 1. The summed E-state index contributed by atoms with van der Waals surface area (Å²) in [5.74, 6) is -0.243. The molecular formula is C15H14F3NO2. The Kier molecular flexibility index (Phi) is 3.26. The van der Waals surface area contributed by atoms with Gasteiger partial charge in [-0.3, -0.25) is 0 Å². The zero-order chi connectivity index (χ0) is 15.1. The Morgan fingerprint density at radius 3 is 2.24 bits per heavy atom. The van der Waals surface area contributed by atoms with Crippen molar-refractivity contribution in [2.45, 2.75) is 43.8 Å². The Bertz CT molecular complexity index is 584. The first-order chi connectivity index (χ1) is 9.91. The van der Waals surface area contributed by atoms with Gasteiger partial charge in [-0.15, -0.1) is 0 Å². The molecule has 1 fully saturated rings. The minimum atomic E-state index is -4.38. The first-order valence-electron chi connectivity index (χ1n) is 6.91. The Labute approximate surface area is 119 Å². The van der Waals surface area contributed by atoms with E-state index in [1.165, 1.54) is 12.1 Å². The molecule has 2 aliphatic rings. The number of alkyl halides is 3. The molecule has 0 atom stereocenters. The van der Waals surface area contributed by atoms with Crippen LogP contribution in [0.2, 0.25) is 0 Å². The molecular weight excluding hydrogens is 283 g/mol. The fraction of sp³-hybridized carbons (Fsp3) is 0.467. The van der Waals surface area contributed by atoms with Crippen molar-refractivity contribution in [2.75, 3.05) is 0 Å². The van der Waals surface area contributed by atoms with E-state index in [1.54, 1.807) is 0 Å². The molecule has 1 aromatic rings. The molecule has 6 heteroatoms. The largest absolute Gasteiger partial charge is 0.416 e. The van der Waals surface area contributed by atoms with Gasteiger partial charge in [0, 0.05) is 5.56 Å². The van der Waals surface area contributed by atoms with Crippen molar-refractivity contribution in [1.82, 2.24) is 0 Å². The van der Waals surface area contributed by atoms with Gasteiger partial charge in [-0.05, 0) is 37.1 Å². The van der Waals surface area contributed by atoms with E-state index < -0.39 is 17.3 Å². The number of halogens is 3. The molecule has 0 N–H and O–H groups in total. The molecule has 21 heavy (non-hydrogen) atoms. The molecule has 1 heterocycles. The first kappa shape index (κ1) is 14.1. The lowest BCUT2D eigenvalue weighted by Crippen LogP contribution is -2.35. The predicted molar refractivity (Wildman–Crippen MR) is 69.9 cm³/mol. The second kappa shape index (κ2) is 4.86. The van der Waals surface area contributed by atoms with E-state index in [0.717, 1.165) is 31.4 Å². The van der Waals surface area contributed by atoms with E-state index in [2.05, 4.69) is 4.99 Å². The van der Waals surface area contributed by atoms with E-state index in [0.29, 0.717) is 18.4 Å². The molecule has 0 radical (unpaired) electrons. The van der Waals surface area contributed by atoms with Crippen molar-refractivity contribution < 1.29 is 22.7 Å². The molecule has 3 rings (SSSR count). The zero-order valence-electron chi connectivity index (χ0n) is 11.2. The average molecular weight is 297 g/mol. The number of carbonyl (C=O) groups is 1. The highest BCUT2D eigenvalue weighted by Gasteiger charge is 2.46. The lowest BCUT2D eigenvalue weighted by molar-refractivity contribution is -0.140. The van der Waals surface area contributed by atoms with E-state index in [9.17, 15) is 18.0 Å². The standard InChI is InChI=1S/C15H14F3NO2/c16-15(17,18)11-6-4-10(5-7-11)12-19-14(13(20)21-12)8-2-1-3-9-14/h4-7H,1-3,8-9H2. The lowest BCUT2D eigenvalue weighted by atomic mass is 9.83. The van der Waals surface area contributed by atoms with Gasteiger partial charge in [-0.25, -0.2) is 9.79 Å². The van der Waals surface area contributed by atoms with Crippen molar-refractivity contribution in [3.05, 3.63) is 35.4 Å². The second-order valence-corrected chi connectivity index (χ2v) is 5.47. The van der Waals surface area contributed by atoms with Crippen LogP contribution in [0.1, 0.15) is 43.2 Å². The van der Waals surface area contributed by atoms with E-state index in [-0.39, 0.29) is 11.9 Å². The van der Waals surface area contributed by atoms with Crippen LogP contribution in [-0.2, 0) is 15.7 Å². The minimum Gasteiger partial charge on any atom is -0.405 e. The van der Waals surface area contributed by atoms with Crippen molar-refractivity contribution >= 4 is 11.9 Å². The van der Waals surface area contributed by atoms with Crippen LogP contribution in [-0.4, -0.2) is 17.4 Å². The third-order valence-electron chi connectivity index (χ3n) is 4.02. The Morgan fingerprint density at radius 2 is 1.67 bits per heavy atom. The van der Waals surface area contributed by atoms with Crippen LogP contribution in [0.3, 0.4) is 0 Å². The number of benzene rings is 1. The molecule has 1 aromatic carbocycles. The molecule has 0 unspecified atom stereocenters. The lowest BCUT2D eigenvalue weighted by Gasteiger charge is -2.25. The fourth-order valence-corrected chi connectivity index (χ4v) is 2.82. The maximum absolute atomic E-state index is 12.5. The highest BCUT2D eigenvalue weighted by atomic mass is 19.4. The molecule has 1 aliphatic heterocycles. The smallest absolute Gasteiger partial charge is 0.405 e. The Morgan fingerprint density at radius 1 is 1.05 bits per heavy atom. The molecule has 0 aromatic heterocycles. The quantitative estimate of drug-likeness (QED) is 0.741. The van der Waals surface area contributed by atoms with E-state index in [1.807, 2.05) is 0 Å². The van der Waals surface area contributed by atoms with E-state index in [4.69, 9.17) is 4.74 Å². The third kappa shape index (κ3) is 2.54. The molecule has 0 saturated heterocycles. The van der Waals surface area contributed by atoms with Crippen LogP contribution >= 0.6 is 0 Å². The van der Waals surface area contributed by atoms with E-state index >= 15 is 0 Å². The van der Waals surface area contributed by atoms with Crippen LogP contribution in [0.15, 0.2) is 29.3 Å². The molecule has 1 saturated carbocycles. The first-order valence-corrected chi connectivity index (χ1v) is 6.91. The molecule has 0 bridgehead atoms. The number of cyclic esters (lactones) is 1. The third-order valence-corrected chi connectivity index (χ3v) is 4.02. The van der Waals surface area contributed by atoms with Gasteiger partial charge < -0.3 is 4.74 Å². The van der Waals surface area contributed by atoms with Gasteiger partial charge in [-0.1, -0.05) is 19.3 Å². The van der Waals surface area contributed by atoms with Crippen LogP contribution in [0.25, 0.3) is 0 Å². The van der Waals surface area contributed by atoms with Gasteiger partial charge in [0.1, 0.15) is 0 Å². The summed E-state index contributed by atoms with van der Waals surface area (Å²) in [6, 6.07) is 4.52. The zero-order valence-corrected chi connectivity index (χ0v) is 11.2. The van der Waals surface area contributed by atoms with Crippen LogP contribution < -0.4 is 0 Å². The molecule has 1 aliphatic carbocycles.